The minimum Gasteiger partial charge on any atom is -0.497 e. The molecule has 0 radical (unpaired) electrons. The van der Waals surface area contributed by atoms with E-state index in [2.05, 4.69) is 16.3 Å². The number of rotatable bonds is 6. The molecule has 4 heteroatoms. The maximum atomic E-state index is 9.52. The summed E-state index contributed by atoms with van der Waals surface area (Å²) < 4.78 is 5.24. The van der Waals surface area contributed by atoms with E-state index in [4.69, 9.17) is 4.74 Å². The topological polar surface area (TPSA) is 48.3 Å². The molecule has 4 nitrogen and oxygen atoms in total. The third kappa shape index (κ3) is 2.82. The number of ether oxygens (including phenoxy) is 1. The van der Waals surface area contributed by atoms with Crippen molar-refractivity contribution in [2.24, 2.45) is 5.92 Å². The number of anilines is 1. The molecule has 1 aliphatic rings. The molecule has 0 amide bonds. The molecule has 1 unspecified atom stereocenters. The zero-order valence-corrected chi connectivity index (χ0v) is 11.8. The first-order valence-electron chi connectivity index (χ1n) is 6.60. The fourth-order valence-corrected chi connectivity index (χ4v) is 2.48. The van der Waals surface area contributed by atoms with Crippen molar-refractivity contribution in [3.63, 3.8) is 0 Å². The van der Waals surface area contributed by atoms with Crippen molar-refractivity contribution in [2.45, 2.75) is 18.4 Å². The maximum Gasteiger partial charge on any atom is 0.126 e. The Hall–Kier alpha value is -1.73. The third-order valence-corrected chi connectivity index (χ3v) is 3.90. The molecule has 1 saturated carbocycles. The average molecular weight is 259 g/mol. The Labute approximate surface area is 115 Å². The molecule has 0 bridgehead atoms. The molecule has 1 aromatic rings. The number of likely N-dealkylation sites (N-methyl/N-ethyl adjacent to an activating group) is 2. The van der Waals surface area contributed by atoms with E-state index in [0.29, 0.717) is 12.5 Å². The van der Waals surface area contributed by atoms with Crippen molar-refractivity contribution in [3.8, 4) is 11.8 Å². The summed E-state index contributed by atoms with van der Waals surface area (Å²) in [6.07, 6.45) is 2.28. The lowest BCUT2D eigenvalue weighted by molar-refractivity contribution is 0.397. The Morgan fingerprint density at radius 1 is 1.53 bits per heavy atom. The zero-order chi connectivity index (χ0) is 13.9. The predicted octanol–water partition coefficient (Wildman–Crippen LogP) is 2.02. The average Bonchev–Trinajstić information content (AvgIpc) is 3.29. The van der Waals surface area contributed by atoms with E-state index >= 15 is 0 Å². The fourth-order valence-electron chi connectivity index (χ4n) is 2.48. The second-order valence-corrected chi connectivity index (χ2v) is 5.16. The van der Waals surface area contributed by atoms with Gasteiger partial charge in [0.1, 0.15) is 11.3 Å². The number of nitriles is 1. The molecule has 1 atom stereocenters. The first kappa shape index (κ1) is 13.7. The number of nitrogens with zero attached hydrogens (tertiary/aromatic N) is 2. The summed E-state index contributed by atoms with van der Waals surface area (Å²) in [7, 11) is 5.55. The Kier molecular flexibility index (Phi) is 3.96. The number of methoxy groups -OCH3 is 1. The molecule has 2 rings (SSSR count). The van der Waals surface area contributed by atoms with Crippen LogP contribution in [0.4, 0.5) is 5.69 Å². The highest BCUT2D eigenvalue weighted by molar-refractivity contribution is 5.51. The number of hydrogen-bond donors (Lipinski definition) is 1. The summed E-state index contributed by atoms with van der Waals surface area (Å²) in [4.78, 5) is 2.11. The van der Waals surface area contributed by atoms with Crippen molar-refractivity contribution in [3.05, 3.63) is 24.3 Å². The van der Waals surface area contributed by atoms with Crippen LogP contribution in [0.1, 0.15) is 12.8 Å². The molecule has 0 aliphatic heterocycles. The van der Waals surface area contributed by atoms with Crippen LogP contribution in [-0.4, -0.2) is 33.3 Å². The highest BCUT2D eigenvalue weighted by Gasteiger charge is 2.45. The van der Waals surface area contributed by atoms with E-state index in [9.17, 15) is 5.26 Å². The zero-order valence-electron chi connectivity index (χ0n) is 11.8. The van der Waals surface area contributed by atoms with Crippen LogP contribution in [0.2, 0.25) is 0 Å². The molecule has 19 heavy (non-hydrogen) atoms. The highest BCUT2D eigenvalue weighted by Crippen LogP contribution is 2.40. The molecular formula is C15H21N3O. The van der Waals surface area contributed by atoms with Gasteiger partial charge < -0.3 is 15.0 Å². The van der Waals surface area contributed by atoms with Crippen molar-refractivity contribution in [2.75, 3.05) is 32.6 Å². The second kappa shape index (κ2) is 5.50. The quantitative estimate of drug-likeness (QED) is 0.849. The van der Waals surface area contributed by atoms with E-state index in [1.54, 1.807) is 7.11 Å². The van der Waals surface area contributed by atoms with Crippen LogP contribution in [0.25, 0.3) is 0 Å². The third-order valence-electron chi connectivity index (χ3n) is 3.90. The second-order valence-electron chi connectivity index (χ2n) is 5.16. The van der Waals surface area contributed by atoms with E-state index < -0.39 is 5.54 Å². The van der Waals surface area contributed by atoms with Gasteiger partial charge in [0.15, 0.2) is 0 Å². The molecule has 1 fully saturated rings. The molecule has 1 N–H and O–H groups in total. The first-order valence-corrected chi connectivity index (χ1v) is 6.60. The standard InChI is InChI=1S/C15H21N3O/c1-17-15(10-16,12-7-8-12)11-18(2)13-5-4-6-14(9-13)19-3/h4-6,9,12,17H,7-8,11H2,1-3H3. The smallest absolute Gasteiger partial charge is 0.126 e. The van der Waals surface area contributed by atoms with Crippen molar-refractivity contribution >= 4 is 5.69 Å². The van der Waals surface area contributed by atoms with Crippen molar-refractivity contribution in [1.29, 1.82) is 5.26 Å². The molecule has 1 aromatic carbocycles. The van der Waals surface area contributed by atoms with Gasteiger partial charge in [-0.05, 0) is 37.9 Å². The van der Waals surface area contributed by atoms with Gasteiger partial charge in [0.05, 0.1) is 13.2 Å². The van der Waals surface area contributed by atoms with Gasteiger partial charge in [-0.25, -0.2) is 0 Å². The van der Waals surface area contributed by atoms with Gasteiger partial charge in [0, 0.05) is 25.3 Å². The molecule has 0 aromatic heterocycles. The highest BCUT2D eigenvalue weighted by atomic mass is 16.5. The van der Waals surface area contributed by atoms with Crippen LogP contribution in [0.3, 0.4) is 0 Å². The normalized spacial score (nSPS) is 17.4. The lowest BCUT2D eigenvalue weighted by Crippen LogP contribution is -2.52. The summed E-state index contributed by atoms with van der Waals surface area (Å²) in [5, 5.41) is 12.7. The van der Waals surface area contributed by atoms with Crippen molar-refractivity contribution < 1.29 is 4.74 Å². The van der Waals surface area contributed by atoms with Gasteiger partial charge in [-0.2, -0.15) is 5.26 Å². The van der Waals surface area contributed by atoms with Crippen molar-refractivity contribution in [1.82, 2.24) is 5.32 Å². The maximum absolute atomic E-state index is 9.52. The molecule has 0 saturated heterocycles. The Balaban J connectivity index is 2.15. The predicted molar refractivity (Wildman–Crippen MR) is 76.4 cm³/mol. The van der Waals surface area contributed by atoms with Gasteiger partial charge in [0.2, 0.25) is 0 Å². The Morgan fingerprint density at radius 2 is 2.26 bits per heavy atom. The van der Waals surface area contributed by atoms with E-state index in [1.807, 2.05) is 38.4 Å². The molecule has 0 spiro atoms. The summed E-state index contributed by atoms with van der Waals surface area (Å²) in [6, 6.07) is 10.4. The minimum absolute atomic E-state index is 0.447. The van der Waals surface area contributed by atoms with Gasteiger partial charge in [-0.15, -0.1) is 0 Å². The van der Waals surface area contributed by atoms with Crippen LogP contribution in [0.15, 0.2) is 24.3 Å². The SMILES string of the molecule is CNC(C#N)(CN(C)c1cccc(OC)c1)C1CC1. The molecular weight excluding hydrogens is 238 g/mol. The molecule has 1 aliphatic carbocycles. The van der Waals surface area contributed by atoms with Gasteiger partial charge in [-0.3, -0.25) is 0 Å². The Bertz CT molecular complexity index is 479. The van der Waals surface area contributed by atoms with Gasteiger partial charge >= 0.3 is 0 Å². The lowest BCUT2D eigenvalue weighted by atomic mass is 9.94. The van der Waals surface area contributed by atoms with Crippen LogP contribution >= 0.6 is 0 Å². The first-order chi connectivity index (χ1) is 9.15. The van der Waals surface area contributed by atoms with Crippen LogP contribution in [0.5, 0.6) is 5.75 Å². The van der Waals surface area contributed by atoms with Gasteiger partial charge in [-0.1, -0.05) is 6.07 Å². The van der Waals surface area contributed by atoms with Crippen LogP contribution in [0, 0.1) is 17.2 Å². The van der Waals surface area contributed by atoms with Crippen LogP contribution < -0.4 is 15.0 Å². The number of benzene rings is 1. The van der Waals surface area contributed by atoms with E-state index in [-0.39, 0.29) is 0 Å². The summed E-state index contributed by atoms with van der Waals surface area (Å²) in [5.41, 5.74) is 0.618. The fraction of sp³-hybridized carbons (Fsp3) is 0.533. The monoisotopic (exact) mass is 259 g/mol. The summed E-state index contributed by atoms with van der Waals surface area (Å²) in [5.74, 6) is 1.30. The van der Waals surface area contributed by atoms with Crippen LogP contribution in [-0.2, 0) is 0 Å². The lowest BCUT2D eigenvalue weighted by Gasteiger charge is -2.32. The van der Waals surface area contributed by atoms with E-state index in [0.717, 1.165) is 24.3 Å². The largest absolute Gasteiger partial charge is 0.497 e. The Morgan fingerprint density at radius 3 is 2.79 bits per heavy atom. The number of nitrogens with one attached hydrogen (secondary N) is 1. The number of hydrogen-bond acceptors (Lipinski definition) is 4. The summed E-state index contributed by atoms with van der Waals surface area (Å²) >= 11 is 0. The molecule has 102 valence electrons. The molecule has 0 heterocycles. The minimum atomic E-state index is -0.447. The summed E-state index contributed by atoms with van der Waals surface area (Å²) in [6.45, 7) is 0.678. The van der Waals surface area contributed by atoms with E-state index in [1.165, 1.54) is 0 Å². The van der Waals surface area contributed by atoms with Gasteiger partial charge in [0.25, 0.3) is 0 Å².